The van der Waals surface area contributed by atoms with Gasteiger partial charge in [-0.25, -0.2) is 0 Å². The van der Waals surface area contributed by atoms with Crippen LogP contribution in [-0.2, 0) is 6.42 Å². The molecule has 0 aliphatic carbocycles. The summed E-state index contributed by atoms with van der Waals surface area (Å²) in [6.07, 6.45) is 5.46. The minimum atomic E-state index is -0.226. The second-order valence-electron chi connectivity index (χ2n) is 4.41. The fourth-order valence-corrected chi connectivity index (χ4v) is 2.21. The van der Waals surface area contributed by atoms with Crippen LogP contribution in [0.5, 0.6) is 0 Å². The molecule has 1 amide bonds. The van der Waals surface area contributed by atoms with Crippen LogP contribution in [0.3, 0.4) is 0 Å². The summed E-state index contributed by atoms with van der Waals surface area (Å²) in [5.74, 6) is 0.572. The number of pyridine rings is 2. The maximum absolute atomic E-state index is 12.0. The topological polar surface area (TPSA) is 72.2 Å². The van der Waals surface area contributed by atoms with Crippen molar-refractivity contribution in [3.63, 3.8) is 0 Å². The molecule has 0 atom stereocenters. The van der Waals surface area contributed by atoms with Gasteiger partial charge in [0.25, 0.3) is 5.91 Å². The Balaban J connectivity index is 1.64. The predicted molar refractivity (Wildman–Crippen MR) is 78.3 cm³/mol. The zero-order valence-electron chi connectivity index (χ0n) is 11.0. The zero-order chi connectivity index (χ0) is 14.7. The lowest BCUT2D eigenvalue weighted by Crippen LogP contribution is -2.26. The van der Waals surface area contributed by atoms with E-state index in [0.29, 0.717) is 23.6 Å². The van der Waals surface area contributed by atoms with E-state index in [1.54, 1.807) is 6.07 Å². The highest BCUT2D eigenvalue weighted by molar-refractivity contribution is 6.33. The van der Waals surface area contributed by atoms with Gasteiger partial charge in [-0.1, -0.05) is 17.7 Å². The highest BCUT2D eigenvalue weighted by atomic mass is 35.5. The molecular weight excluding hydrogens is 290 g/mol. The molecule has 0 saturated carbocycles. The third-order valence-electron chi connectivity index (χ3n) is 3.04. The zero-order valence-corrected chi connectivity index (χ0v) is 11.8. The van der Waals surface area contributed by atoms with E-state index >= 15 is 0 Å². The highest BCUT2D eigenvalue weighted by Gasteiger charge is 2.10. The second-order valence-corrected chi connectivity index (χ2v) is 4.81. The van der Waals surface area contributed by atoms with E-state index in [-0.39, 0.29) is 5.91 Å². The summed E-state index contributed by atoms with van der Waals surface area (Å²) < 4.78 is 1.89. The van der Waals surface area contributed by atoms with Gasteiger partial charge in [-0.2, -0.15) is 0 Å². The van der Waals surface area contributed by atoms with Crippen molar-refractivity contribution in [2.45, 2.75) is 6.42 Å². The van der Waals surface area contributed by atoms with Gasteiger partial charge >= 0.3 is 0 Å². The molecular formula is C14H12ClN5O. The Morgan fingerprint density at radius 1 is 1.29 bits per heavy atom. The van der Waals surface area contributed by atoms with Gasteiger partial charge in [0, 0.05) is 31.6 Å². The molecule has 3 aromatic rings. The van der Waals surface area contributed by atoms with Gasteiger partial charge < -0.3 is 5.32 Å². The van der Waals surface area contributed by atoms with Gasteiger partial charge in [-0.15, -0.1) is 10.2 Å². The maximum Gasteiger partial charge on any atom is 0.252 e. The minimum Gasteiger partial charge on any atom is -0.352 e. The lowest BCUT2D eigenvalue weighted by molar-refractivity contribution is 0.0954. The van der Waals surface area contributed by atoms with Crippen LogP contribution in [0.2, 0.25) is 5.02 Å². The van der Waals surface area contributed by atoms with Crippen LogP contribution in [0.15, 0.2) is 42.9 Å². The molecule has 0 aromatic carbocycles. The number of halogens is 1. The van der Waals surface area contributed by atoms with Crippen molar-refractivity contribution in [2.24, 2.45) is 0 Å². The van der Waals surface area contributed by atoms with E-state index in [0.717, 1.165) is 11.5 Å². The Hall–Kier alpha value is -2.47. The van der Waals surface area contributed by atoms with Crippen molar-refractivity contribution < 1.29 is 4.79 Å². The van der Waals surface area contributed by atoms with E-state index < -0.39 is 0 Å². The summed E-state index contributed by atoms with van der Waals surface area (Å²) in [5, 5.41) is 11.3. The molecule has 1 N–H and O–H groups in total. The van der Waals surface area contributed by atoms with E-state index in [2.05, 4.69) is 20.5 Å². The fraction of sp³-hybridized carbons (Fsp3) is 0.143. The lowest BCUT2D eigenvalue weighted by Gasteiger charge is -2.05. The average Bonchev–Trinajstić information content (AvgIpc) is 2.91. The molecule has 0 saturated heterocycles. The number of nitrogens with zero attached hydrogens (tertiary/aromatic N) is 4. The molecule has 3 rings (SSSR count). The molecule has 0 spiro atoms. The Labute approximate surface area is 125 Å². The van der Waals surface area contributed by atoms with Crippen molar-refractivity contribution in [3.8, 4) is 0 Å². The molecule has 7 heteroatoms. The number of rotatable bonds is 4. The molecule has 21 heavy (non-hydrogen) atoms. The first-order valence-electron chi connectivity index (χ1n) is 6.42. The van der Waals surface area contributed by atoms with E-state index in [4.69, 9.17) is 11.6 Å². The number of fused-ring (bicyclic) bond motifs is 1. The summed E-state index contributed by atoms with van der Waals surface area (Å²) in [4.78, 5) is 15.8. The number of aromatic nitrogens is 4. The summed E-state index contributed by atoms with van der Waals surface area (Å²) in [6.45, 7) is 0.452. The van der Waals surface area contributed by atoms with Gasteiger partial charge in [0.2, 0.25) is 0 Å². The molecule has 0 unspecified atom stereocenters. The van der Waals surface area contributed by atoms with Crippen LogP contribution in [0.1, 0.15) is 16.2 Å². The Kier molecular flexibility index (Phi) is 3.79. The van der Waals surface area contributed by atoms with Crippen LogP contribution >= 0.6 is 11.6 Å². The number of carbonyl (C=O) groups is 1. The lowest BCUT2D eigenvalue weighted by atomic mass is 10.2. The van der Waals surface area contributed by atoms with E-state index in [9.17, 15) is 4.79 Å². The molecule has 0 bridgehead atoms. The molecule has 0 aliphatic heterocycles. The molecule has 3 aromatic heterocycles. The maximum atomic E-state index is 12.0. The SMILES string of the molecule is O=C(NCCc1nnc2ccccn12)c1ccncc1Cl. The summed E-state index contributed by atoms with van der Waals surface area (Å²) in [7, 11) is 0. The largest absolute Gasteiger partial charge is 0.352 e. The summed E-state index contributed by atoms with van der Waals surface area (Å²) in [5.41, 5.74) is 1.20. The smallest absolute Gasteiger partial charge is 0.252 e. The first-order valence-corrected chi connectivity index (χ1v) is 6.80. The van der Waals surface area contributed by atoms with Crippen molar-refractivity contribution in [1.82, 2.24) is 24.9 Å². The van der Waals surface area contributed by atoms with Gasteiger partial charge in [0.15, 0.2) is 5.65 Å². The first kappa shape index (κ1) is 13.5. The number of carbonyl (C=O) groups excluding carboxylic acids is 1. The number of nitrogens with one attached hydrogen (secondary N) is 1. The Bertz CT molecular complexity index is 786. The first-order chi connectivity index (χ1) is 10.3. The standard InChI is InChI=1S/C14H12ClN5O/c15-11-9-16-6-4-10(11)14(21)17-7-5-13-19-18-12-3-1-2-8-20(12)13/h1-4,6,8-9H,5,7H2,(H,17,21). The predicted octanol–water partition coefficient (Wildman–Crippen LogP) is 1.75. The van der Waals surface area contributed by atoms with Crippen LogP contribution < -0.4 is 5.32 Å². The van der Waals surface area contributed by atoms with Gasteiger partial charge in [0.1, 0.15) is 5.82 Å². The van der Waals surface area contributed by atoms with Crippen LogP contribution in [-0.4, -0.2) is 32.0 Å². The van der Waals surface area contributed by atoms with Crippen molar-refractivity contribution in [3.05, 3.63) is 59.3 Å². The summed E-state index contributed by atoms with van der Waals surface area (Å²) >= 11 is 5.93. The number of hydrogen-bond donors (Lipinski definition) is 1. The monoisotopic (exact) mass is 301 g/mol. The quantitative estimate of drug-likeness (QED) is 0.797. The molecule has 0 aliphatic rings. The van der Waals surface area contributed by atoms with Crippen molar-refractivity contribution >= 4 is 23.2 Å². The van der Waals surface area contributed by atoms with Gasteiger partial charge in [-0.05, 0) is 18.2 Å². The van der Waals surface area contributed by atoms with Crippen LogP contribution in [0.4, 0.5) is 0 Å². The molecule has 0 fully saturated rings. The number of amides is 1. The van der Waals surface area contributed by atoms with Crippen molar-refractivity contribution in [1.29, 1.82) is 0 Å². The highest BCUT2D eigenvalue weighted by Crippen LogP contribution is 2.12. The third-order valence-corrected chi connectivity index (χ3v) is 3.34. The third kappa shape index (κ3) is 2.85. The molecule has 3 heterocycles. The summed E-state index contributed by atoms with van der Waals surface area (Å²) in [6, 6.07) is 7.28. The molecule has 106 valence electrons. The van der Waals surface area contributed by atoms with E-state index in [1.165, 1.54) is 12.4 Å². The van der Waals surface area contributed by atoms with Gasteiger partial charge in [-0.3, -0.25) is 14.2 Å². The fourth-order valence-electron chi connectivity index (χ4n) is 2.00. The normalized spacial score (nSPS) is 10.7. The van der Waals surface area contributed by atoms with Gasteiger partial charge in [0.05, 0.1) is 10.6 Å². The Morgan fingerprint density at radius 2 is 2.19 bits per heavy atom. The van der Waals surface area contributed by atoms with Crippen molar-refractivity contribution in [2.75, 3.05) is 6.54 Å². The Morgan fingerprint density at radius 3 is 3.05 bits per heavy atom. The average molecular weight is 302 g/mol. The van der Waals surface area contributed by atoms with Crippen LogP contribution in [0.25, 0.3) is 5.65 Å². The molecule has 6 nitrogen and oxygen atoms in total. The van der Waals surface area contributed by atoms with E-state index in [1.807, 2.05) is 28.8 Å². The second kappa shape index (κ2) is 5.88. The van der Waals surface area contributed by atoms with Crippen LogP contribution in [0, 0.1) is 0 Å². The minimum absolute atomic E-state index is 0.226. The number of hydrogen-bond acceptors (Lipinski definition) is 4. The molecule has 0 radical (unpaired) electrons.